The number of nitrogens with zero attached hydrogens (tertiary/aromatic N) is 1. The summed E-state index contributed by atoms with van der Waals surface area (Å²) in [5, 5.41) is 10.9. The van der Waals surface area contributed by atoms with Gasteiger partial charge in [-0.25, -0.2) is 0 Å². The summed E-state index contributed by atoms with van der Waals surface area (Å²) in [7, 11) is 0. The molecule has 7 nitrogen and oxygen atoms in total. The first kappa shape index (κ1) is 15.0. The van der Waals surface area contributed by atoms with Crippen LogP contribution in [0.25, 0.3) is 0 Å². The van der Waals surface area contributed by atoms with Crippen molar-refractivity contribution in [1.29, 1.82) is 0 Å². The summed E-state index contributed by atoms with van der Waals surface area (Å²) < 4.78 is 15.8. The highest BCUT2D eigenvalue weighted by atomic mass is 16.7. The third-order valence-corrected chi connectivity index (χ3v) is 2.97. The van der Waals surface area contributed by atoms with Gasteiger partial charge in [0.2, 0.25) is 6.29 Å². The predicted molar refractivity (Wildman–Crippen MR) is 72.1 cm³/mol. The minimum absolute atomic E-state index is 0.00846. The van der Waals surface area contributed by atoms with Crippen molar-refractivity contribution in [2.24, 2.45) is 0 Å². The number of ether oxygens (including phenoxy) is 3. The minimum atomic E-state index is -0.637. The van der Waals surface area contributed by atoms with E-state index in [9.17, 15) is 14.9 Å². The Morgan fingerprint density at radius 3 is 2.90 bits per heavy atom. The molecule has 0 aromatic heterocycles. The largest absolute Gasteiger partial charge is 0.466 e. The van der Waals surface area contributed by atoms with Gasteiger partial charge in [-0.05, 0) is 6.07 Å². The van der Waals surface area contributed by atoms with E-state index in [-0.39, 0.29) is 12.3 Å². The van der Waals surface area contributed by atoms with E-state index < -0.39 is 23.3 Å². The standard InChI is InChI=1S/C14H15NO6/c1-9-13(21-10(2)16)7-14(20-9)19-8-11-5-3-4-6-12(11)15(17)18/h3-6,13-14H,1,7-8H2,2H3/t13-,14+/m0/s1. The van der Waals surface area contributed by atoms with Crippen molar-refractivity contribution >= 4 is 11.7 Å². The second-order valence-corrected chi connectivity index (χ2v) is 4.54. The number of rotatable bonds is 5. The fourth-order valence-electron chi connectivity index (χ4n) is 2.01. The number of hydrogen-bond donors (Lipinski definition) is 0. The third-order valence-electron chi connectivity index (χ3n) is 2.97. The van der Waals surface area contributed by atoms with Gasteiger partial charge >= 0.3 is 5.97 Å². The summed E-state index contributed by atoms with van der Waals surface area (Å²) in [4.78, 5) is 21.3. The Bertz CT molecular complexity index is 570. The summed E-state index contributed by atoms with van der Waals surface area (Å²) >= 11 is 0. The smallest absolute Gasteiger partial charge is 0.303 e. The zero-order valence-corrected chi connectivity index (χ0v) is 11.5. The molecule has 2 atom stereocenters. The van der Waals surface area contributed by atoms with Crippen LogP contribution in [0.15, 0.2) is 36.6 Å². The molecule has 0 aliphatic carbocycles. The van der Waals surface area contributed by atoms with Crippen molar-refractivity contribution in [2.75, 3.05) is 0 Å². The fraction of sp³-hybridized carbons (Fsp3) is 0.357. The molecule has 1 fully saturated rings. The molecule has 0 N–H and O–H groups in total. The van der Waals surface area contributed by atoms with Crippen molar-refractivity contribution in [1.82, 2.24) is 0 Å². The van der Waals surface area contributed by atoms with Crippen molar-refractivity contribution < 1.29 is 23.9 Å². The van der Waals surface area contributed by atoms with Gasteiger partial charge in [-0.2, -0.15) is 0 Å². The van der Waals surface area contributed by atoms with Crippen LogP contribution >= 0.6 is 0 Å². The maximum absolute atomic E-state index is 10.9. The average molecular weight is 293 g/mol. The topological polar surface area (TPSA) is 87.9 Å². The Kier molecular flexibility index (Phi) is 4.54. The lowest BCUT2D eigenvalue weighted by Crippen LogP contribution is -2.16. The van der Waals surface area contributed by atoms with Gasteiger partial charge < -0.3 is 14.2 Å². The Morgan fingerprint density at radius 2 is 2.24 bits per heavy atom. The van der Waals surface area contributed by atoms with Gasteiger partial charge in [0.25, 0.3) is 5.69 Å². The van der Waals surface area contributed by atoms with E-state index in [1.54, 1.807) is 18.2 Å². The van der Waals surface area contributed by atoms with Crippen molar-refractivity contribution in [3.63, 3.8) is 0 Å². The maximum atomic E-state index is 10.9. The molecule has 2 rings (SSSR count). The number of nitro benzene ring substituents is 1. The molecule has 0 spiro atoms. The van der Waals surface area contributed by atoms with E-state index in [2.05, 4.69) is 6.58 Å². The number of hydrogen-bond acceptors (Lipinski definition) is 6. The van der Waals surface area contributed by atoms with Gasteiger partial charge in [0.1, 0.15) is 5.76 Å². The highest BCUT2D eigenvalue weighted by Gasteiger charge is 2.33. The molecule has 0 saturated carbocycles. The van der Waals surface area contributed by atoms with Crippen LogP contribution < -0.4 is 0 Å². The monoisotopic (exact) mass is 293 g/mol. The Balaban J connectivity index is 1.94. The zero-order chi connectivity index (χ0) is 15.4. The summed E-state index contributed by atoms with van der Waals surface area (Å²) in [5.41, 5.74) is 0.443. The van der Waals surface area contributed by atoms with Crippen LogP contribution in [0.1, 0.15) is 18.9 Å². The van der Waals surface area contributed by atoms with Gasteiger partial charge in [-0.15, -0.1) is 0 Å². The number of nitro groups is 1. The molecule has 1 aromatic carbocycles. The third kappa shape index (κ3) is 3.79. The molecular weight excluding hydrogens is 278 g/mol. The van der Waals surface area contributed by atoms with E-state index in [1.165, 1.54) is 13.0 Å². The molecular formula is C14H15NO6. The Labute approximate surface area is 121 Å². The van der Waals surface area contributed by atoms with E-state index in [0.29, 0.717) is 17.7 Å². The second-order valence-electron chi connectivity index (χ2n) is 4.54. The quantitative estimate of drug-likeness (QED) is 0.470. The number of esters is 1. The van der Waals surface area contributed by atoms with E-state index in [0.717, 1.165) is 0 Å². The first-order valence-electron chi connectivity index (χ1n) is 6.34. The molecule has 7 heteroatoms. The van der Waals surface area contributed by atoms with Crippen molar-refractivity contribution in [2.45, 2.75) is 32.3 Å². The predicted octanol–water partition coefficient (Wildman–Crippen LogP) is 2.30. The highest BCUT2D eigenvalue weighted by molar-refractivity contribution is 5.66. The SMILES string of the molecule is C=C1O[C@@H](OCc2ccccc2[N+](=O)[O-])C[C@@H]1OC(C)=O. The van der Waals surface area contributed by atoms with Crippen molar-refractivity contribution in [3.05, 3.63) is 52.3 Å². The lowest BCUT2D eigenvalue weighted by atomic mass is 10.2. The Morgan fingerprint density at radius 1 is 1.52 bits per heavy atom. The molecule has 0 bridgehead atoms. The van der Waals surface area contributed by atoms with Crippen LogP contribution in [0.5, 0.6) is 0 Å². The molecule has 0 radical (unpaired) electrons. The maximum Gasteiger partial charge on any atom is 0.303 e. The minimum Gasteiger partial charge on any atom is -0.466 e. The fourth-order valence-corrected chi connectivity index (χ4v) is 2.01. The van der Waals surface area contributed by atoms with Gasteiger partial charge in [-0.1, -0.05) is 18.7 Å². The van der Waals surface area contributed by atoms with E-state index >= 15 is 0 Å². The summed E-state index contributed by atoms with van der Waals surface area (Å²) in [5.74, 6) is -0.109. The average Bonchev–Trinajstić information content (AvgIpc) is 2.76. The number of carbonyl (C=O) groups is 1. The lowest BCUT2D eigenvalue weighted by molar-refractivity contribution is -0.386. The van der Waals surface area contributed by atoms with Gasteiger partial charge in [0, 0.05) is 13.0 Å². The number of benzene rings is 1. The summed E-state index contributed by atoms with van der Waals surface area (Å²) in [6, 6.07) is 6.31. The molecule has 1 aliphatic heterocycles. The molecule has 1 saturated heterocycles. The molecule has 1 aliphatic rings. The van der Waals surface area contributed by atoms with Gasteiger partial charge in [-0.3, -0.25) is 14.9 Å². The van der Waals surface area contributed by atoms with Gasteiger partial charge in [0.15, 0.2) is 6.10 Å². The van der Waals surface area contributed by atoms with E-state index in [4.69, 9.17) is 14.2 Å². The Hall–Kier alpha value is -2.41. The number of para-hydroxylation sites is 1. The number of carbonyl (C=O) groups excluding carboxylic acids is 1. The zero-order valence-electron chi connectivity index (χ0n) is 11.5. The summed E-state index contributed by atoms with van der Waals surface area (Å²) in [6.45, 7) is 4.98. The van der Waals surface area contributed by atoms with Crippen LogP contribution in [-0.2, 0) is 25.6 Å². The molecule has 1 aromatic rings. The van der Waals surface area contributed by atoms with E-state index in [1.807, 2.05) is 0 Å². The lowest BCUT2D eigenvalue weighted by Gasteiger charge is -2.11. The molecule has 0 amide bonds. The summed E-state index contributed by atoms with van der Waals surface area (Å²) in [6.07, 6.45) is -0.862. The van der Waals surface area contributed by atoms with Crippen LogP contribution in [-0.4, -0.2) is 23.3 Å². The first-order valence-corrected chi connectivity index (χ1v) is 6.34. The molecule has 21 heavy (non-hydrogen) atoms. The second kappa shape index (κ2) is 6.36. The first-order chi connectivity index (χ1) is 9.97. The van der Waals surface area contributed by atoms with Crippen LogP contribution in [0.3, 0.4) is 0 Å². The van der Waals surface area contributed by atoms with Gasteiger partial charge in [0.05, 0.1) is 23.5 Å². The molecule has 1 heterocycles. The molecule has 0 unspecified atom stereocenters. The van der Waals surface area contributed by atoms with Crippen LogP contribution in [0, 0.1) is 10.1 Å². The van der Waals surface area contributed by atoms with Crippen LogP contribution in [0.4, 0.5) is 5.69 Å². The molecule has 112 valence electrons. The highest BCUT2D eigenvalue weighted by Crippen LogP contribution is 2.28. The normalized spacial score (nSPS) is 20.9. The van der Waals surface area contributed by atoms with Crippen LogP contribution in [0.2, 0.25) is 0 Å². The van der Waals surface area contributed by atoms with Crippen molar-refractivity contribution in [3.8, 4) is 0 Å².